The average Bonchev–Trinajstić information content (AvgIpc) is 3.24. The Labute approximate surface area is 224 Å². The van der Waals surface area contributed by atoms with E-state index in [1.54, 1.807) is 39.8 Å². The number of carbonyl (C=O) groups is 1. The van der Waals surface area contributed by atoms with Crippen LogP contribution in [0.3, 0.4) is 0 Å². The summed E-state index contributed by atoms with van der Waals surface area (Å²) in [4.78, 5) is 46.6. The maximum atomic E-state index is 13.8. The number of nitrogens with zero attached hydrogens (tertiary/aromatic N) is 6. The number of aryl methyl sites for hydroxylation is 1. The molecule has 0 saturated carbocycles. The van der Waals surface area contributed by atoms with Crippen LogP contribution in [0, 0.1) is 27.9 Å². The van der Waals surface area contributed by atoms with Crippen LogP contribution in [0.4, 0.5) is 11.6 Å². The third-order valence-corrected chi connectivity index (χ3v) is 7.08. The van der Waals surface area contributed by atoms with E-state index in [4.69, 9.17) is 11.2 Å². The second kappa shape index (κ2) is 11.1. The lowest BCUT2D eigenvalue weighted by atomic mass is 9.98. The average molecular weight is 557 g/mol. The molecule has 0 aliphatic rings. The van der Waals surface area contributed by atoms with Crippen molar-refractivity contribution in [3.8, 4) is 12.3 Å². The van der Waals surface area contributed by atoms with Crippen molar-refractivity contribution >= 4 is 45.0 Å². The highest BCUT2D eigenvalue weighted by Gasteiger charge is 2.28. The van der Waals surface area contributed by atoms with E-state index >= 15 is 0 Å². The summed E-state index contributed by atoms with van der Waals surface area (Å²) in [6, 6.07) is 4.25. The van der Waals surface area contributed by atoms with Gasteiger partial charge in [-0.25, -0.2) is 26.9 Å². The van der Waals surface area contributed by atoms with Crippen molar-refractivity contribution in [3.63, 3.8) is 0 Å². The Hall–Kier alpha value is -4.51. The van der Waals surface area contributed by atoms with E-state index in [-0.39, 0.29) is 40.4 Å². The quantitative estimate of drug-likeness (QED) is 0.0964. The molecule has 3 rings (SSSR count). The number of non-ortho nitro benzene ring substituents is 1. The first-order valence-corrected chi connectivity index (χ1v) is 13.1. The van der Waals surface area contributed by atoms with Crippen LogP contribution in [-0.2, 0) is 32.7 Å². The van der Waals surface area contributed by atoms with Gasteiger partial charge in [-0.15, -0.1) is 12.3 Å². The lowest BCUT2D eigenvalue weighted by Crippen LogP contribution is -2.30. The van der Waals surface area contributed by atoms with Gasteiger partial charge in [0, 0.05) is 38.8 Å². The molecule has 39 heavy (non-hydrogen) atoms. The highest BCUT2D eigenvalue weighted by molar-refractivity contribution is 7.90. The third kappa shape index (κ3) is 6.15. The van der Waals surface area contributed by atoms with Gasteiger partial charge in [0.05, 0.1) is 21.6 Å². The first-order chi connectivity index (χ1) is 18.2. The van der Waals surface area contributed by atoms with E-state index in [2.05, 4.69) is 15.9 Å². The van der Waals surface area contributed by atoms with Gasteiger partial charge < -0.3 is 9.64 Å². The van der Waals surface area contributed by atoms with Gasteiger partial charge in [0.15, 0.2) is 6.73 Å². The Balaban J connectivity index is 2.32. The molecule has 14 heteroatoms. The van der Waals surface area contributed by atoms with E-state index < -0.39 is 38.6 Å². The van der Waals surface area contributed by atoms with E-state index in [1.807, 2.05) is 0 Å². The van der Waals surface area contributed by atoms with Gasteiger partial charge in [0.25, 0.3) is 21.3 Å². The van der Waals surface area contributed by atoms with Gasteiger partial charge >= 0.3 is 5.97 Å². The summed E-state index contributed by atoms with van der Waals surface area (Å²) < 4.78 is 34.3. The zero-order valence-electron chi connectivity index (χ0n) is 22.1. The van der Waals surface area contributed by atoms with Crippen LogP contribution in [0.25, 0.3) is 11.0 Å². The predicted molar refractivity (Wildman–Crippen MR) is 144 cm³/mol. The SMILES string of the molecule is C#CCCc1cn(S(=O)(=O)c2ccc([N+](=O)[O-])cc2)c2c(=O)n(COC(=O)C(C)(C)C)c(/N=C/N(C)C)nc12. The maximum absolute atomic E-state index is 13.8. The van der Waals surface area contributed by atoms with Gasteiger partial charge in [-0.1, -0.05) is 0 Å². The molecule has 0 aliphatic heterocycles. The Kier molecular flexibility index (Phi) is 8.25. The number of hydrogen-bond acceptors (Lipinski definition) is 9. The number of nitro benzene ring substituents is 1. The number of benzene rings is 1. The fourth-order valence-electron chi connectivity index (χ4n) is 3.38. The molecular formula is C25H28N6O7S. The molecule has 3 aromatic rings. The lowest BCUT2D eigenvalue weighted by molar-refractivity contribution is -0.384. The first-order valence-electron chi connectivity index (χ1n) is 11.6. The van der Waals surface area contributed by atoms with Crippen molar-refractivity contribution in [2.75, 3.05) is 14.1 Å². The molecule has 0 aliphatic carbocycles. The second-order valence-electron chi connectivity index (χ2n) is 9.77. The van der Waals surface area contributed by atoms with Crippen molar-refractivity contribution in [2.24, 2.45) is 10.4 Å². The monoisotopic (exact) mass is 556 g/mol. The number of fused-ring (bicyclic) bond motifs is 1. The summed E-state index contributed by atoms with van der Waals surface area (Å²) in [6.45, 7) is 4.36. The number of aromatic nitrogens is 3. The van der Waals surface area contributed by atoms with Gasteiger partial charge in [0.2, 0.25) is 5.95 Å². The van der Waals surface area contributed by atoms with Crippen LogP contribution >= 0.6 is 0 Å². The normalized spacial score (nSPS) is 12.0. The Bertz CT molecular complexity index is 1650. The molecule has 1 aromatic carbocycles. The summed E-state index contributed by atoms with van der Waals surface area (Å²) in [5.74, 6) is 1.77. The minimum atomic E-state index is -4.41. The van der Waals surface area contributed by atoms with Crippen LogP contribution in [0.1, 0.15) is 32.8 Å². The zero-order valence-corrected chi connectivity index (χ0v) is 22.9. The zero-order chi connectivity index (χ0) is 29.1. The van der Waals surface area contributed by atoms with Crippen molar-refractivity contribution in [1.29, 1.82) is 0 Å². The van der Waals surface area contributed by atoms with Crippen LogP contribution in [0.15, 0.2) is 45.1 Å². The Morgan fingerprint density at radius 3 is 2.46 bits per heavy atom. The van der Waals surface area contributed by atoms with Crippen LogP contribution in [-0.4, -0.2) is 58.2 Å². The summed E-state index contributed by atoms with van der Waals surface area (Å²) in [7, 11) is -1.00. The van der Waals surface area contributed by atoms with E-state index in [9.17, 15) is 28.1 Å². The van der Waals surface area contributed by atoms with Gasteiger partial charge in [-0.3, -0.25) is 19.7 Å². The van der Waals surface area contributed by atoms with Gasteiger partial charge in [0.1, 0.15) is 11.0 Å². The van der Waals surface area contributed by atoms with E-state index in [0.717, 1.165) is 32.8 Å². The topological polar surface area (TPSA) is 159 Å². The second-order valence-corrected chi connectivity index (χ2v) is 11.6. The number of carbonyl (C=O) groups excluding carboxylic acids is 1. The molecule has 0 fully saturated rings. The van der Waals surface area contributed by atoms with Crippen LogP contribution in [0.5, 0.6) is 0 Å². The molecule has 0 bridgehead atoms. The molecule has 0 N–H and O–H groups in total. The van der Waals surface area contributed by atoms with Crippen LogP contribution < -0.4 is 5.56 Å². The molecule has 206 valence electrons. The highest BCUT2D eigenvalue weighted by Crippen LogP contribution is 2.27. The van der Waals surface area contributed by atoms with Crippen molar-refractivity contribution in [1.82, 2.24) is 18.4 Å². The molecule has 2 aromatic heterocycles. The molecule has 0 atom stereocenters. The summed E-state index contributed by atoms with van der Waals surface area (Å²) in [5.41, 5.74) is -1.86. The molecular weight excluding hydrogens is 528 g/mol. The number of nitro groups is 1. The largest absolute Gasteiger partial charge is 0.443 e. The van der Waals surface area contributed by atoms with Crippen molar-refractivity contribution < 1.29 is 22.9 Å². The Morgan fingerprint density at radius 2 is 1.92 bits per heavy atom. The fraction of sp³-hybridized carbons (Fsp3) is 0.360. The molecule has 0 saturated heterocycles. The van der Waals surface area contributed by atoms with Crippen molar-refractivity contribution in [3.05, 3.63) is 56.5 Å². The molecule has 0 spiro atoms. The summed E-state index contributed by atoms with van der Waals surface area (Å²) >= 11 is 0. The minimum Gasteiger partial charge on any atom is -0.443 e. The minimum absolute atomic E-state index is 0.0602. The van der Waals surface area contributed by atoms with Gasteiger partial charge in [-0.2, -0.15) is 0 Å². The standard InChI is InChI=1S/C25H28N6O7S/c1-7-8-9-17-14-30(39(36,37)19-12-10-18(11-13-19)31(34)35)21-20(17)27-24(26-15-28(5)6)29(22(21)32)16-38-23(33)25(2,3)4/h1,10-15H,8-9,16H2,2-6H3/b26-15+. The molecule has 0 radical (unpaired) electrons. The molecule has 13 nitrogen and oxygen atoms in total. The number of esters is 1. The Morgan fingerprint density at radius 1 is 1.28 bits per heavy atom. The number of aliphatic imine (C=N–C) groups is 1. The lowest BCUT2D eigenvalue weighted by Gasteiger charge is -2.18. The number of hydrogen-bond donors (Lipinski definition) is 0. The molecule has 2 heterocycles. The smallest absolute Gasteiger partial charge is 0.312 e. The number of rotatable bonds is 9. The maximum Gasteiger partial charge on any atom is 0.312 e. The van der Waals surface area contributed by atoms with Crippen LogP contribution in [0.2, 0.25) is 0 Å². The van der Waals surface area contributed by atoms with E-state index in [0.29, 0.717) is 5.56 Å². The third-order valence-electron chi connectivity index (χ3n) is 5.41. The van der Waals surface area contributed by atoms with Crippen molar-refractivity contribution in [2.45, 2.75) is 45.2 Å². The van der Waals surface area contributed by atoms with Gasteiger partial charge in [-0.05, 0) is 44.9 Å². The van der Waals surface area contributed by atoms with E-state index in [1.165, 1.54) is 12.5 Å². The fourth-order valence-corrected chi connectivity index (χ4v) is 4.76. The highest BCUT2D eigenvalue weighted by atomic mass is 32.2. The number of terminal acetylenes is 1. The molecule has 0 amide bonds. The first kappa shape index (κ1) is 29.1. The molecule has 0 unspecified atom stereocenters. The summed E-state index contributed by atoms with van der Waals surface area (Å²) in [6.07, 6.45) is 8.50. The predicted octanol–water partition coefficient (Wildman–Crippen LogP) is 2.68. The number of ether oxygens (including phenoxy) is 1. The summed E-state index contributed by atoms with van der Waals surface area (Å²) in [5, 5.41) is 11.0.